The summed E-state index contributed by atoms with van der Waals surface area (Å²) >= 11 is 1.05. The summed E-state index contributed by atoms with van der Waals surface area (Å²) in [6, 6.07) is 0. The number of sulfone groups is 1. The molecule has 0 radical (unpaired) electrons. The van der Waals surface area contributed by atoms with E-state index in [9.17, 15) is 8.42 Å². The highest BCUT2D eigenvalue weighted by Crippen LogP contribution is 2.08. The number of aryl methyl sites for hydroxylation is 1. The van der Waals surface area contributed by atoms with Crippen molar-refractivity contribution in [3.05, 3.63) is 11.4 Å². The van der Waals surface area contributed by atoms with Crippen LogP contribution in [0.3, 0.4) is 0 Å². The maximum atomic E-state index is 11.2. The van der Waals surface area contributed by atoms with Crippen molar-refractivity contribution in [2.75, 3.05) is 5.75 Å². The van der Waals surface area contributed by atoms with Gasteiger partial charge >= 0.3 is 0 Å². The molecule has 0 aromatic carbocycles. The van der Waals surface area contributed by atoms with E-state index in [1.54, 1.807) is 13.8 Å². The van der Waals surface area contributed by atoms with Gasteiger partial charge in [0, 0.05) is 5.75 Å². The van der Waals surface area contributed by atoms with E-state index in [-0.39, 0.29) is 11.5 Å². The summed E-state index contributed by atoms with van der Waals surface area (Å²) in [5.74, 6) is 0.176. The molecule has 6 heteroatoms. The van der Waals surface area contributed by atoms with Crippen LogP contribution in [-0.4, -0.2) is 22.9 Å². The van der Waals surface area contributed by atoms with E-state index in [4.69, 9.17) is 0 Å². The van der Waals surface area contributed by atoms with Gasteiger partial charge in [0.15, 0.2) is 9.84 Å². The van der Waals surface area contributed by atoms with Crippen LogP contribution >= 0.6 is 11.7 Å². The number of nitrogens with zero attached hydrogens (tertiary/aromatic N) is 2. The third-order valence-corrected chi connectivity index (χ3v) is 3.79. The molecular weight excluding hydrogens is 196 g/mol. The Hall–Kier alpha value is -0.490. The first-order valence-corrected chi connectivity index (χ1v) is 6.09. The van der Waals surface area contributed by atoms with Gasteiger partial charge in [-0.05, 0) is 6.92 Å². The van der Waals surface area contributed by atoms with Gasteiger partial charge in [-0.15, -0.1) is 0 Å². The molecular formula is C6H10N2O2S2. The largest absolute Gasteiger partial charge is 0.228 e. The average molecular weight is 206 g/mol. The predicted octanol–water partition coefficient (Wildman–Crippen LogP) is 0.781. The molecule has 68 valence electrons. The third kappa shape index (κ3) is 2.25. The van der Waals surface area contributed by atoms with Crippen molar-refractivity contribution in [2.45, 2.75) is 19.6 Å². The molecule has 1 heterocycles. The summed E-state index contributed by atoms with van der Waals surface area (Å²) in [6.07, 6.45) is 0. The van der Waals surface area contributed by atoms with Gasteiger partial charge in [0.05, 0.1) is 28.9 Å². The second-order valence-corrected chi connectivity index (χ2v) is 5.35. The van der Waals surface area contributed by atoms with Crippen molar-refractivity contribution in [3.63, 3.8) is 0 Å². The van der Waals surface area contributed by atoms with E-state index < -0.39 is 9.84 Å². The lowest BCUT2D eigenvalue weighted by atomic mass is 10.4. The molecule has 0 aliphatic carbocycles. The summed E-state index contributed by atoms with van der Waals surface area (Å²) in [7, 11) is -2.96. The van der Waals surface area contributed by atoms with E-state index in [2.05, 4.69) is 8.75 Å². The minimum absolute atomic E-state index is 0.0197. The van der Waals surface area contributed by atoms with Crippen molar-refractivity contribution < 1.29 is 8.42 Å². The fourth-order valence-electron chi connectivity index (χ4n) is 0.691. The van der Waals surface area contributed by atoms with Crippen LogP contribution in [0.2, 0.25) is 0 Å². The van der Waals surface area contributed by atoms with Gasteiger partial charge in [0.2, 0.25) is 0 Å². The van der Waals surface area contributed by atoms with Crippen LogP contribution in [-0.2, 0) is 15.6 Å². The Morgan fingerprint density at radius 2 is 2.08 bits per heavy atom. The van der Waals surface area contributed by atoms with Gasteiger partial charge < -0.3 is 0 Å². The highest BCUT2D eigenvalue weighted by atomic mass is 32.2. The van der Waals surface area contributed by atoms with E-state index in [0.29, 0.717) is 5.69 Å². The Balaban J connectivity index is 2.84. The number of rotatable bonds is 3. The van der Waals surface area contributed by atoms with Crippen molar-refractivity contribution in [1.82, 2.24) is 8.75 Å². The lowest BCUT2D eigenvalue weighted by Gasteiger charge is -1.96. The highest BCUT2D eigenvalue weighted by molar-refractivity contribution is 7.90. The maximum absolute atomic E-state index is 11.2. The standard InChI is InChI=1S/C6H10N2O2S2/c1-3-12(9,10)4-6-5(2)7-11-8-6/h3-4H2,1-2H3. The van der Waals surface area contributed by atoms with Gasteiger partial charge in [-0.3, -0.25) is 0 Å². The second-order valence-electron chi connectivity index (χ2n) is 2.47. The molecule has 0 spiro atoms. The van der Waals surface area contributed by atoms with Crippen LogP contribution in [0.4, 0.5) is 0 Å². The van der Waals surface area contributed by atoms with Crippen LogP contribution in [0.25, 0.3) is 0 Å². The fourth-order valence-corrected chi connectivity index (χ4v) is 2.23. The highest BCUT2D eigenvalue weighted by Gasteiger charge is 2.13. The Morgan fingerprint density at radius 3 is 2.50 bits per heavy atom. The topological polar surface area (TPSA) is 59.9 Å². The van der Waals surface area contributed by atoms with Crippen molar-refractivity contribution in [3.8, 4) is 0 Å². The molecule has 0 aliphatic rings. The summed E-state index contributed by atoms with van der Waals surface area (Å²) in [6.45, 7) is 3.40. The molecule has 0 N–H and O–H groups in total. The summed E-state index contributed by atoms with van der Waals surface area (Å²) in [5.41, 5.74) is 1.30. The van der Waals surface area contributed by atoms with Gasteiger partial charge in [-0.1, -0.05) is 6.92 Å². The SMILES string of the molecule is CCS(=O)(=O)Cc1nsnc1C. The van der Waals surface area contributed by atoms with Crippen molar-refractivity contribution >= 4 is 21.6 Å². The molecule has 0 bridgehead atoms. The number of hydrogen-bond donors (Lipinski definition) is 0. The molecule has 0 saturated heterocycles. The van der Waals surface area contributed by atoms with E-state index >= 15 is 0 Å². The monoisotopic (exact) mass is 206 g/mol. The molecule has 0 unspecified atom stereocenters. The molecule has 1 aromatic heterocycles. The molecule has 4 nitrogen and oxygen atoms in total. The molecule has 0 aliphatic heterocycles. The molecule has 0 amide bonds. The summed E-state index contributed by atoms with van der Waals surface area (Å²) in [4.78, 5) is 0. The molecule has 1 rings (SSSR count). The Morgan fingerprint density at radius 1 is 1.42 bits per heavy atom. The third-order valence-electron chi connectivity index (χ3n) is 1.54. The number of aromatic nitrogens is 2. The second kappa shape index (κ2) is 3.49. The first-order chi connectivity index (χ1) is 5.55. The van der Waals surface area contributed by atoms with E-state index in [0.717, 1.165) is 17.4 Å². The zero-order valence-corrected chi connectivity index (χ0v) is 8.57. The lowest BCUT2D eigenvalue weighted by molar-refractivity contribution is 0.596. The number of hydrogen-bond acceptors (Lipinski definition) is 5. The zero-order valence-electron chi connectivity index (χ0n) is 6.94. The summed E-state index contributed by atoms with van der Waals surface area (Å²) in [5, 5.41) is 0. The molecule has 0 fully saturated rings. The van der Waals surface area contributed by atoms with Crippen LogP contribution < -0.4 is 0 Å². The molecule has 1 aromatic rings. The lowest BCUT2D eigenvalue weighted by Crippen LogP contribution is -2.07. The van der Waals surface area contributed by atoms with Crippen molar-refractivity contribution in [2.24, 2.45) is 0 Å². The van der Waals surface area contributed by atoms with Crippen LogP contribution in [0.5, 0.6) is 0 Å². The van der Waals surface area contributed by atoms with Gasteiger partial charge in [-0.25, -0.2) is 8.42 Å². The normalized spacial score (nSPS) is 11.8. The van der Waals surface area contributed by atoms with Crippen LogP contribution in [0, 0.1) is 6.92 Å². The smallest absolute Gasteiger partial charge is 0.155 e. The average Bonchev–Trinajstić information content (AvgIpc) is 2.36. The van der Waals surface area contributed by atoms with Crippen molar-refractivity contribution in [1.29, 1.82) is 0 Å². The molecule has 12 heavy (non-hydrogen) atoms. The Bertz CT molecular complexity index is 355. The minimum Gasteiger partial charge on any atom is -0.228 e. The van der Waals surface area contributed by atoms with Gasteiger partial charge in [0.25, 0.3) is 0 Å². The minimum atomic E-state index is -2.96. The quantitative estimate of drug-likeness (QED) is 0.733. The van der Waals surface area contributed by atoms with Gasteiger partial charge in [0.1, 0.15) is 0 Å². The zero-order chi connectivity index (χ0) is 9.19. The van der Waals surface area contributed by atoms with Crippen LogP contribution in [0.15, 0.2) is 0 Å². The fraction of sp³-hybridized carbons (Fsp3) is 0.667. The first-order valence-electron chi connectivity index (χ1n) is 3.53. The first kappa shape index (κ1) is 9.60. The van der Waals surface area contributed by atoms with Crippen LogP contribution in [0.1, 0.15) is 18.3 Å². The van der Waals surface area contributed by atoms with E-state index in [1.165, 1.54) is 0 Å². The van der Waals surface area contributed by atoms with Gasteiger partial charge in [-0.2, -0.15) is 8.75 Å². The summed E-state index contributed by atoms with van der Waals surface area (Å²) < 4.78 is 30.1. The maximum Gasteiger partial charge on any atom is 0.155 e. The molecule has 0 atom stereocenters. The van der Waals surface area contributed by atoms with E-state index in [1.807, 2.05) is 0 Å². The molecule has 0 saturated carbocycles. The predicted molar refractivity (Wildman–Crippen MR) is 47.8 cm³/mol. The Labute approximate surface area is 75.9 Å². The Kier molecular flexibility index (Phi) is 2.79.